The summed E-state index contributed by atoms with van der Waals surface area (Å²) in [5, 5.41) is 76.7. The molecule has 3 aliphatic rings. The summed E-state index contributed by atoms with van der Waals surface area (Å²) in [7, 11) is 1.26. The second-order valence-corrected chi connectivity index (χ2v) is 20.6. The summed E-state index contributed by atoms with van der Waals surface area (Å²) in [6.07, 6.45) is -5.32. The molecule has 1 aromatic carbocycles. The number of benzene rings is 1. The van der Waals surface area contributed by atoms with Crippen molar-refractivity contribution >= 4 is 41.1 Å². The van der Waals surface area contributed by atoms with Gasteiger partial charge in [0.25, 0.3) is 0 Å². The van der Waals surface area contributed by atoms with Crippen molar-refractivity contribution in [3.63, 3.8) is 0 Å². The normalized spacial score (nSPS) is 34.5. The highest BCUT2D eigenvalue weighted by atomic mass is 35.5. The van der Waals surface area contributed by atoms with Gasteiger partial charge in [0.05, 0.1) is 47.2 Å². The molecule has 3 aliphatic heterocycles. The van der Waals surface area contributed by atoms with Crippen LogP contribution in [-0.2, 0) is 53.9 Å². The predicted molar refractivity (Wildman–Crippen MR) is 270 cm³/mol. The van der Waals surface area contributed by atoms with Crippen molar-refractivity contribution in [3.05, 3.63) is 79.9 Å². The van der Waals surface area contributed by atoms with Crippen LogP contribution in [0.1, 0.15) is 118 Å². The molecule has 2 saturated heterocycles. The van der Waals surface area contributed by atoms with Crippen molar-refractivity contribution in [3.8, 4) is 11.5 Å². The van der Waals surface area contributed by atoms with Gasteiger partial charge in [0.1, 0.15) is 41.1 Å². The number of carbonyl (C=O) groups is 3. The summed E-state index contributed by atoms with van der Waals surface area (Å²) >= 11 is 12.3. The molecule has 0 aliphatic carbocycles. The molecule has 0 bridgehead atoms. The van der Waals surface area contributed by atoms with E-state index in [4.69, 9.17) is 61.1 Å². The van der Waals surface area contributed by atoms with Crippen molar-refractivity contribution in [2.45, 2.75) is 194 Å². The fraction of sp³-hybridized carbons (Fsp3) is 0.642. The molecule has 0 amide bonds. The third kappa shape index (κ3) is 15.6. The summed E-state index contributed by atoms with van der Waals surface area (Å²) in [6.45, 7) is 18.4. The standard InChI is InChI=1S/C53H76Cl2O18/c1-13-31-23-27(6)34(57)18-16-15-17-32(24-67-52-47(66-12)42(61)45(30(9)68-52)71-50(65)37-33(14-2)38(54)41(60)39(55)40(37)59)49(64)69-35(29(8)56)20-19-26(5)22-28(7)44(31)72-51-43(62)46(48(63)53(10,11)73-51)70-36(58)21-25(3)4/h15-17,19,22-23,25,29-31,34-35,42-48,51-52,56-57,59-63H,13-14,18,20-21,24H2,1-12H3/b16-15+,26-19+,27-23+,28-22+,32-17+/t29-,30-,31+,34+,35+,42+,43+,44+,45-,46-,47+,48+,51-,52-/m1/s1. The van der Waals surface area contributed by atoms with E-state index < -0.39 is 138 Å². The van der Waals surface area contributed by atoms with E-state index in [0.29, 0.717) is 23.1 Å². The Hall–Kier alpha value is -3.89. The van der Waals surface area contributed by atoms with Gasteiger partial charge in [-0.3, -0.25) is 4.79 Å². The molecule has 0 radical (unpaired) electrons. The lowest BCUT2D eigenvalue weighted by atomic mass is 9.88. The van der Waals surface area contributed by atoms with Crippen LogP contribution in [0.25, 0.3) is 0 Å². The average Bonchev–Trinajstić information content (AvgIpc) is 3.32. The monoisotopic (exact) mass is 1070 g/mol. The Kier molecular flexibility index (Phi) is 23.0. The number of phenolic OH excluding ortho intramolecular Hbond substituents is 2. The molecule has 2 fully saturated rings. The maximum atomic E-state index is 14.0. The zero-order chi connectivity index (χ0) is 54.8. The zero-order valence-electron chi connectivity index (χ0n) is 43.7. The molecule has 0 saturated carbocycles. The van der Waals surface area contributed by atoms with Crippen LogP contribution < -0.4 is 0 Å². The first kappa shape index (κ1) is 61.7. The van der Waals surface area contributed by atoms with Crippen molar-refractivity contribution in [2.75, 3.05) is 13.7 Å². The number of ether oxygens (including phenoxy) is 8. The number of allylic oxidation sites excluding steroid dienone is 4. The van der Waals surface area contributed by atoms with E-state index in [2.05, 4.69) is 0 Å². The van der Waals surface area contributed by atoms with E-state index in [1.54, 1.807) is 39.8 Å². The van der Waals surface area contributed by atoms with Crippen molar-refractivity contribution in [1.82, 2.24) is 0 Å². The number of aromatic hydroxyl groups is 2. The average molecular weight is 1070 g/mol. The molecule has 18 nitrogen and oxygen atoms in total. The fourth-order valence-corrected chi connectivity index (χ4v) is 9.34. The van der Waals surface area contributed by atoms with Gasteiger partial charge in [-0.25, -0.2) is 9.59 Å². The number of aliphatic hydroxyl groups excluding tert-OH is 5. The predicted octanol–water partition coefficient (Wildman–Crippen LogP) is 6.62. The van der Waals surface area contributed by atoms with E-state index in [-0.39, 0.29) is 47.8 Å². The molecule has 0 aromatic heterocycles. The Balaban J connectivity index is 1.62. The Morgan fingerprint density at radius 3 is 2.18 bits per heavy atom. The lowest BCUT2D eigenvalue weighted by Gasteiger charge is -2.47. The zero-order valence-corrected chi connectivity index (χ0v) is 45.3. The first-order valence-corrected chi connectivity index (χ1v) is 25.4. The summed E-state index contributed by atoms with van der Waals surface area (Å²) in [4.78, 5) is 40.3. The van der Waals surface area contributed by atoms with Crippen LogP contribution in [0.4, 0.5) is 0 Å². The van der Waals surface area contributed by atoms with Gasteiger partial charge in [0, 0.05) is 25.9 Å². The molecule has 0 spiro atoms. The second kappa shape index (κ2) is 27.2. The highest BCUT2D eigenvalue weighted by Crippen LogP contribution is 2.45. The van der Waals surface area contributed by atoms with Gasteiger partial charge in [0.2, 0.25) is 0 Å². The minimum absolute atomic E-state index is 0.0245. The van der Waals surface area contributed by atoms with Gasteiger partial charge in [-0.15, -0.1) is 0 Å². The molecule has 14 atom stereocenters. The number of hydrogen-bond acceptors (Lipinski definition) is 18. The van der Waals surface area contributed by atoms with E-state index in [9.17, 15) is 50.1 Å². The van der Waals surface area contributed by atoms with Crippen LogP contribution in [0.15, 0.2) is 58.7 Å². The topological polar surface area (TPSA) is 267 Å². The molecule has 7 N–H and O–H groups in total. The van der Waals surface area contributed by atoms with Gasteiger partial charge in [-0.05, 0) is 96.4 Å². The first-order chi connectivity index (χ1) is 34.2. The number of esters is 3. The Bertz CT molecular complexity index is 2230. The molecular formula is C53H76Cl2O18. The molecule has 73 heavy (non-hydrogen) atoms. The highest BCUT2D eigenvalue weighted by molar-refractivity contribution is 6.39. The Morgan fingerprint density at radius 1 is 0.904 bits per heavy atom. The van der Waals surface area contributed by atoms with Crippen LogP contribution in [-0.4, -0.2) is 153 Å². The van der Waals surface area contributed by atoms with Crippen LogP contribution >= 0.6 is 23.2 Å². The van der Waals surface area contributed by atoms with Gasteiger partial charge in [-0.2, -0.15) is 0 Å². The molecule has 3 heterocycles. The Labute approximate surface area is 438 Å². The van der Waals surface area contributed by atoms with Gasteiger partial charge < -0.3 is 73.6 Å². The van der Waals surface area contributed by atoms with Gasteiger partial charge in [0.15, 0.2) is 36.3 Å². The Morgan fingerprint density at radius 2 is 1.58 bits per heavy atom. The van der Waals surface area contributed by atoms with E-state index in [1.165, 1.54) is 33.1 Å². The summed E-state index contributed by atoms with van der Waals surface area (Å²) in [5.74, 6) is -4.35. The minimum atomic E-state index is -1.57. The second-order valence-electron chi connectivity index (χ2n) is 19.9. The summed E-state index contributed by atoms with van der Waals surface area (Å²) < 4.78 is 47.6. The van der Waals surface area contributed by atoms with Crippen LogP contribution in [0.5, 0.6) is 11.5 Å². The molecule has 410 valence electrons. The molecule has 20 heteroatoms. The van der Waals surface area contributed by atoms with Crippen molar-refractivity contribution in [1.29, 1.82) is 0 Å². The first-order valence-electron chi connectivity index (χ1n) is 24.6. The van der Waals surface area contributed by atoms with Crippen LogP contribution in [0, 0.1) is 11.8 Å². The largest absolute Gasteiger partial charge is 0.505 e. The minimum Gasteiger partial charge on any atom is -0.505 e. The molecule has 1 aromatic rings. The SMILES string of the molecule is CCc1c(Cl)c(O)c(Cl)c(O)c1C(=O)O[C@H]1[C@H](O)[C@H](OC)[C@H](OC/C2=C\C=C\C[C@H](O)/C(C)=C/[C@H](CC)[C@@H](O[C@@H]3OC(C)(C)[C@@H](O)[C@H](OC(=O)CC(C)C)[C@@H]3O)/C(C)=C/C(C)=C/C[C@@H]([C@@H](C)O)OC2=O)O[C@@H]1C. The van der Waals surface area contributed by atoms with E-state index >= 15 is 0 Å². The number of rotatable bonds is 14. The summed E-state index contributed by atoms with van der Waals surface area (Å²) in [6, 6.07) is 0. The number of halogens is 2. The third-order valence-electron chi connectivity index (χ3n) is 13.1. The maximum absolute atomic E-state index is 14.0. The third-order valence-corrected chi connectivity index (χ3v) is 13.9. The lowest BCUT2D eigenvalue weighted by Crippen LogP contribution is -2.64. The molecule has 0 unspecified atom stereocenters. The number of hydrogen-bond donors (Lipinski definition) is 7. The number of cyclic esters (lactones) is 1. The van der Waals surface area contributed by atoms with Gasteiger partial charge in [-0.1, -0.05) is 86.9 Å². The fourth-order valence-electron chi connectivity index (χ4n) is 8.78. The number of methoxy groups -OCH3 is 1. The smallest absolute Gasteiger partial charge is 0.342 e. The lowest BCUT2D eigenvalue weighted by molar-refractivity contribution is -0.333. The van der Waals surface area contributed by atoms with Crippen LogP contribution in [0.2, 0.25) is 10.0 Å². The number of carbonyl (C=O) groups excluding carboxylic acids is 3. The quantitative estimate of drug-likeness (QED) is 0.0586. The van der Waals surface area contributed by atoms with E-state index in [1.807, 2.05) is 46.8 Å². The molecule has 4 rings (SSSR count). The van der Waals surface area contributed by atoms with Gasteiger partial charge >= 0.3 is 17.9 Å². The van der Waals surface area contributed by atoms with Crippen molar-refractivity contribution < 1.29 is 88.0 Å². The number of phenols is 2. The highest BCUT2D eigenvalue weighted by Gasteiger charge is 2.53. The molecular weight excluding hydrogens is 995 g/mol. The summed E-state index contributed by atoms with van der Waals surface area (Å²) in [5.41, 5.74) is 0.291. The van der Waals surface area contributed by atoms with Crippen LogP contribution in [0.3, 0.4) is 0 Å². The maximum Gasteiger partial charge on any atom is 0.342 e. The number of aliphatic hydroxyl groups is 5. The van der Waals surface area contributed by atoms with E-state index in [0.717, 1.165) is 0 Å². The van der Waals surface area contributed by atoms with Crippen molar-refractivity contribution in [2.24, 2.45) is 11.8 Å².